The average molecular weight is 306 g/mol. The molecule has 0 aliphatic carbocycles. The maximum absolute atomic E-state index is 5.51. The van der Waals surface area contributed by atoms with Crippen LogP contribution in [0.1, 0.15) is 19.4 Å². The number of hydrogen-bond acceptors (Lipinski definition) is 2. The molecule has 0 saturated heterocycles. The first kappa shape index (κ1) is 11.8. The predicted molar refractivity (Wildman–Crippen MR) is 65.6 cm³/mol. The summed E-state index contributed by atoms with van der Waals surface area (Å²) in [5.74, 6) is 0.916. The molecule has 0 aromatic heterocycles. The number of ether oxygens (including phenoxy) is 2. The molecule has 0 bridgehead atoms. The van der Waals surface area contributed by atoms with Crippen molar-refractivity contribution in [3.63, 3.8) is 0 Å². The Kier molecular flexibility index (Phi) is 4.68. The topological polar surface area (TPSA) is 18.5 Å². The molecule has 0 amide bonds. The van der Waals surface area contributed by atoms with Crippen molar-refractivity contribution in [1.82, 2.24) is 0 Å². The van der Waals surface area contributed by atoms with Crippen LogP contribution in [0.5, 0.6) is 5.75 Å². The van der Waals surface area contributed by atoms with Crippen molar-refractivity contribution >= 4 is 22.6 Å². The predicted octanol–water partition coefficient (Wildman–Crippen LogP) is 3.22. The summed E-state index contributed by atoms with van der Waals surface area (Å²) in [4.78, 5) is 0. The van der Waals surface area contributed by atoms with Gasteiger partial charge in [0.25, 0.3) is 0 Å². The zero-order valence-electron chi connectivity index (χ0n) is 8.71. The molecule has 0 unspecified atom stereocenters. The normalized spacial score (nSPS) is 10.6. The first-order valence-corrected chi connectivity index (χ1v) is 5.65. The Bertz CT molecular complexity index is 297. The quantitative estimate of drug-likeness (QED) is 0.795. The largest absolute Gasteiger partial charge is 0.496 e. The SMILES string of the molecule is COc1ccc(COC(C)C)cc1I. The maximum atomic E-state index is 5.51. The van der Waals surface area contributed by atoms with Crippen molar-refractivity contribution in [1.29, 1.82) is 0 Å². The van der Waals surface area contributed by atoms with Crippen LogP contribution in [0.2, 0.25) is 0 Å². The monoisotopic (exact) mass is 306 g/mol. The number of benzene rings is 1. The van der Waals surface area contributed by atoms with Crippen LogP contribution in [0.25, 0.3) is 0 Å². The Labute approximate surface area is 98.7 Å². The molecule has 0 fully saturated rings. The molecule has 0 saturated carbocycles. The maximum Gasteiger partial charge on any atom is 0.132 e. The molecule has 0 atom stereocenters. The van der Waals surface area contributed by atoms with Crippen molar-refractivity contribution in [2.75, 3.05) is 7.11 Å². The molecule has 1 rings (SSSR count). The molecule has 0 radical (unpaired) electrons. The van der Waals surface area contributed by atoms with Gasteiger partial charge < -0.3 is 9.47 Å². The summed E-state index contributed by atoms with van der Waals surface area (Å²) in [6, 6.07) is 6.09. The molecule has 1 aromatic carbocycles. The van der Waals surface area contributed by atoms with Gasteiger partial charge in [-0.2, -0.15) is 0 Å². The fourth-order valence-electron chi connectivity index (χ4n) is 1.06. The molecule has 78 valence electrons. The molecule has 14 heavy (non-hydrogen) atoms. The summed E-state index contributed by atoms with van der Waals surface area (Å²) in [5, 5.41) is 0. The molecule has 0 N–H and O–H groups in total. The smallest absolute Gasteiger partial charge is 0.132 e. The van der Waals surface area contributed by atoms with E-state index in [1.165, 1.54) is 5.56 Å². The highest BCUT2D eigenvalue weighted by Gasteiger charge is 2.02. The van der Waals surface area contributed by atoms with Gasteiger partial charge in [-0.1, -0.05) is 6.07 Å². The lowest BCUT2D eigenvalue weighted by Gasteiger charge is -2.09. The summed E-state index contributed by atoms with van der Waals surface area (Å²) in [6.45, 7) is 4.74. The zero-order valence-corrected chi connectivity index (χ0v) is 10.9. The van der Waals surface area contributed by atoms with Crippen molar-refractivity contribution in [3.8, 4) is 5.75 Å². The van der Waals surface area contributed by atoms with E-state index in [-0.39, 0.29) is 6.10 Å². The number of rotatable bonds is 4. The number of halogens is 1. The second kappa shape index (κ2) is 5.56. The molecular weight excluding hydrogens is 291 g/mol. The fourth-order valence-corrected chi connectivity index (χ4v) is 1.86. The summed E-state index contributed by atoms with van der Waals surface area (Å²) < 4.78 is 11.8. The van der Waals surface area contributed by atoms with Crippen LogP contribution in [0.15, 0.2) is 18.2 Å². The molecule has 2 nitrogen and oxygen atoms in total. The molecule has 0 aliphatic rings. The van der Waals surface area contributed by atoms with Gasteiger partial charge in [-0.3, -0.25) is 0 Å². The number of hydrogen-bond donors (Lipinski definition) is 0. The van der Waals surface area contributed by atoms with E-state index in [1.807, 2.05) is 26.0 Å². The Balaban J connectivity index is 2.66. The van der Waals surface area contributed by atoms with Crippen molar-refractivity contribution in [3.05, 3.63) is 27.3 Å². The van der Waals surface area contributed by atoms with Crippen LogP contribution >= 0.6 is 22.6 Å². The third-order valence-electron chi connectivity index (χ3n) is 1.80. The van der Waals surface area contributed by atoms with Gasteiger partial charge in [-0.15, -0.1) is 0 Å². The lowest BCUT2D eigenvalue weighted by Crippen LogP contribution is -2.02. The Morgan fingerprint density at radius 1 is 1.36 bits per heavy atom. The highest BCUT2D eigenvalue weighted by molar-refractivity contribution is 14.1. The minimum absolute atomic E-state index is 0.273. The van der Waals surface area contributed by atoms with E-state index in [0.717, 1.165) is 9.32 Å². The van der Waals surface area contributed by atoms with E-state index < -0.39 is 0 Å². The average Bonchev–Trinajstić information content (AvgIpc) is 2.15. The minimum atomic E-state index is 0.273. The van der Waals surface area contributed by atoms with Gasteiger partial charge in [0.2, 0.25) is 0 Å². The van der Waals surface area contributed by atoms with E-state index in [0.29, 0.717) is 6.61 Å². The van der Waals surface area contributed by atoms with Gasteiger partial charge in [-0.05, 0) is 54.1 Å². The first-order valence-electron chi connectivity index (χ1n) is 4.57. The Morgan fingerprint density at radius 3 is 2.57 bits per heavy atom. The lowest BCUT2D eigenvalue weighted by molar-refractivity contribution is 0.0656. The molecular formula is C11H15IO2. The second-order valence-electron chi connectivity index (χ2n) is 3.33. The van der Waals surface area contributed by atoms with Gasteiger partial charge in [0.05, 0.1) is 23.4 Å². The van der Waals surface area contributed by atoms with E-state index in [9.17, 15) is 0 Å². The first-order chi connectivity index (χ1) is 6.63. The third kappa shape index (κ3) is 3.46. The molecule has 0 aliphatic heterocycles. The second-order valence-corrected chi connectivity index (χ2v) is 4.49. The van der Waals surface area contributed by atoms with Gasteiger partial charge in [0.1, 0.15) is 5.75 Å². The van der Waals surface area contributed by atoms with Crippen LogP contribution in [0.4, 0.5) is 0 Å². The molecule has 0 heterocycles. The Hall–Kier alpha value is -0.290. The minimum Gasteiger partial charge on any atom is -0.496 e. The summed E-state index contributed by atoms with van der Waals surface area (Å²) >= 11 is 2.26. The molecule has 0 spiro atoms. The van der Waals surface area contributed by atoms with Crippen LogP contribution in [-0.2, 0) is 11.3 Å². The molecule has 3 heteroatoms. The van der Waals surface area contributed by atoms with Crippen LogP contribution in [-0.4, -0.2) is 13.2 Å². The van der Waals surface area contributed by atoms with E-state index in [2.05, 4.69) is 28.7 Å². The standard InChI is InChI=1S/C11H15IO2/c1-8(2)14-7-9-4-5-11(13-3)10(12)6-9/h4-6,8H,7H2,1-3H3. The van der Waals surface area contributed by atoms with Gasteiger partial charge in [0, 0.05) is 0 Å². The number of methoxy groups -OCH3 is 1. The summed E-state index contributed by atoms with van der Waals surface area (Å²) in [5.41, 5.74) is 1.18. The highest BCUT2D eigenvalue weighted by Crippen LogP contribution is 2.21. The van der Waals surface area contributed by atoms with E-state index in [4.69, 9.17) is 9.47 Å². The Morgan fingerprint density at radius 2 is 2.07 bits per heavy atom. The molecule has 1 aromatic rings. The van der Waals surface area contributed by atoms with Gasteiger partial charge in [0.15, 0.2) is 0 Å². The highest BCUT2D eigenvalue weighted by atomic mass is 127. The third-order valence-corrected chi connectivity index (χ3v) is 2.64. The van der Waals surface area contributed by atoms with Crippen molar-refractivity contribution < 1.29 is 9.47 Å². The summed E-state index contributed by atoms with van der Waals surface area (Å²) in [7, 11) is 1.68. The van der Waals surface area contributed by atoms with Crippen molar-refractivity contribution in [2.45, 2.75) is 26.6 Å². The van der Waals surface area contributed by atoms with E-state index >= 15 is 0 Å². The van der Waals surface area contributed by atoms with Crippen LogP contribution in [0.3, 0.4) is 0 Å². The lowest BCUT2D eigenvalue weighted by atomic mass is 10.2. The van der Waals surface area contributed by atoms with E-state index in [1.54, 1.807) is 7.11 Å². The van der Waals surface area contributed by atoms with Crippen LogP contribution in [0, 0.1) is 3.57 Å². The zero-order chi connectivity index (χ0) is 10.6. The summed E-state index contributed by atoms with van der Waals surface area (Å²) in [6.07, 6.45) is 0.273. The fraction of sp³-hybridized carbons (Fsp3) is 0.455. The van der Waals surface area contributed by atoms with Crippen LogP contribution < -0.4 is 4.74 Å². The van der Waals surface area contributed by atoms with Crippen molar-refractivity contribution in [2.24, 2.45) is 0 Å². The van der Waals surface area contributed by atoms with Gasteiger partial charge in [-0.25, -0.2) is 0 Å². The van der Waals surface area contributed by atoms with Gasteiger partial charge >= 0.3 is 0 Å².